The second-order valence-corrected chi connectivity index (χ2v) is 4.89. The van der Waals surface area contributed by atoms with Crippen molar-refractivity contribution in [2.24, 2.45) is 0 Å². The number of carbonyl (C=O) groups is 2. The van der Waals surface area contributed by atoms with Crippen LogP contribution in [-0.2, 0) is 16.0 Å². The van der Waals surface area contributed by atoms with Gasteiger partial charge in [0.15, 0.2) is 0 Å². The van der Waals surface area contributed by atoms with Gasteiger partial charge >= 0.3 is 0 Å². The van der Waals surface area contributed by atoms with Crippen LogP contribution < -0.4 is 4.74 Å². The molecule has 0 atom stereocenters. The maximum Gasteiger partial charge on any atom is 0.242 e. The number of likely N-dealkylation sites (N-methyl/N-ethyl adjacent to an activating group) is 1. The molecule has 2 rings (SSSR count). The quantitative estimate of drug-likeness (QED) is 0.787. The van der Waals surface area contributed by atoms with Crippen LogP contribution in [0.3, 0.4) is 0 Å². The van der Waals surface area contributed by atoms with Gasteiger partial charge in [-0.2, -0.15) is 5.26 Å². The SMILES string of the molecule is CN1CC(=O)N(CCOc2ccc(CC#N)cc2)CC1=O. The first-order valence-corrected chi connectivity index (χ1v) is 6.70. The summed E-state index contributed by atoms with van der Waals surface area (Å²) in [4.78, 5) is 26.2. The van der Waals surface area contributed by atoms with Gasteiger partial charge in [0.1, 0.15) is 12.4 Å². The van der Waals surface area contributed by atoms with Gasteiger partial charge in [0.2, 0.25) is 11.8 Å². The third kappa shape index (κ3) is 3.96. The van der Waals surface area contributed by atoms with Crippen molar-refractivity contribution in [1.82, 2.24) is 9.80 Å². The van der Waals surface area contributed by atoms with E-state index in [9.17, 15) is 9.59 Å². The molecule has 0 aromatic heterocycles. The molecule has 1 heterocycles. The molecule has 6 nitrogen and oxygen atoms in total. The molecule has 110 valence electrons. The Labute approximate surface area is 123 Å². The van der Waals surface area contributed by atoms with Crippen LogP contribution in [0.25, 0.3) is 0 Å². The third-order valence-electron chi connectivity index (χ3n) is 3.31. The normalized spacial score (nSPS) is 15.0. The van der Waals surface area contributed by atoms with E-state index in [0.717, 1.165) is 5.56 Å². The molecule has 0 bridgehead atoms. The minimum Gasteiger partial charge on any atom is -0.492 e. The van der Waals surface area contributed by atoms with Gasteiger partial charge in [-0.1, -0.05) is 12.1 Å². The lowest BCUT2D eigenvalue weighted by Gasteiger charge is -2.31. The van der Waals surface area contributed by atoms with Crippen LogP contribution in [0.5, 0.6) is 5.75 Å². The molecule has 0 spiro atoms. The van der Waals surface area contributed by atoms with E-state index >= 15 is 0 Å². The molecule has 0 unspecified atom stereocenters. The van der Waals surface area contributed by atoms with E-state index in [0.29, 0.717) is 25.3 Å². The Bertz CT molecular complexity index is 563. The molecule has 21 heavy (non-hydrogen) atoms. The number of nitriles is 1. The van der Waals surface area contributed by atoms with E-state index in [2.05, 4.69) is 6.07 Å². The van der Waals surface area contributed by atoms with Crippen molar-refractivity contribution < 1.29 is 14.3 Å². The number of nitrogens with zero attached hydrogens (tertiary/aromatic N) is 3. The zero-order valence-corrected chi connectivity index (χ0v) is 11.9. The molecule has 1 aliphatic rings. The molecule has 0 radical (unpaired) electrons. The number of hydrogen-bond acceptors (Lipinski definition) is 4. The number of ether oxygens (including phenoxy) is 1. The van der Waals surface area contributed by atoms with Gasteiger partial charge in [-0.25, -0.2) is 0 Å². The molecule has 1 saturated heterocycles. The lowest BCUT2D eigenvalue weighted by molar-refractivity contribution is -0.149. The molecular formula is C15H17N3O3. The predicted octanol–water partition coefficient (Wildman–Crippen LogP) is 0.432. The number of carbonyl (C=O) groups excluding carboxylic acids is 2. The molecular weight excluding hydrogens is 270 g/mol. The van der Waals surface area contributed by atoms with Crippen LogP contribution >= 0.6 is 0 Å². The van der Waals surface area contributed by atoms with Gasteiger partial charge in [0.05, 0.1) is 32.1 Å². The highest BCUT2D eigenvalue weighted by Gasteiger charge is 2.26. The first-order chi connectivity index (χ1) is 10.1. The molecule has 0 N–H and O–H groups in total. The van der Waals surface area contributed by atoms with Crippen LogP contribution in [0.2, 0.25) is 0 Å². The van der Waals surface area contributed by atoms with Crippen LogP contribution in [-0.4, -0.2) is 54.9 Å². The Morgan fingerprint density at radius 3 is 2.57 bits per heavy atom. The minimum absolute atomic E-state index is 0.0598. The summed E-state index contributed by atoms with van der Waals surface area (Å²) in [7, 11) is 1.62. The maximum atomic E-state index is 11.8. The van der Waals surface area contributed by atoms with E-state index < -0.39 is 0 Å². The van der Waals surface area contributed by atoms with Crippen LogP contribution in [0.1, 0.15) is 5.56 Å². The summed E-state index contributed by atoms with van der Waals surface area (Å²) in [6.45, 7) is 0.959. The average Bonchev–Trinajstić information content (AvgIpc) is 2.46. The lowest BCUT2D eigenvalue weighted by Crippen LogP contribution is -2.53. The number of benzene rings is 1. The first-order valence-electron chi connectivity index (χ1n) is 6.70. The molecule has 1 aromatic carbocycles. The van der Waals surface area contributed by atoms with Gasteiger partial charge in [-0.3, -0.25) is 9.59 Å². The summed E-state index contributed by atoms with van der Waals surface area (Å²) >= 11 is 0. The van der Waals surface area contributed by atoms with E-state index in [1.54, 1.807) is 19.2 Å². The van der Waals surface area contributed by atoms with Crippen molar-refractivity contribution in [3.05, 3.63) is 29.8 Å². The molecule has 1 aliphatic heterocycles. The fraction of sp³-hybridized carbons (Fsp3) is 0.400. The van der Waals surface area contributed by atoms with Crippen molar-refractivity contribution in [3.8, 4) is 11.8 Å². The highest BCUT2D eigenvalue weighted by molar-refractivity contribution is 5.92. The van der Waals surface area contributed by atoms with Gasteiger partial charge in [-0.05, 0) is 17.7 Å². The Kier molecular flexibility index (Phi) is 4.77. The van der Waals surface area contributed by atoms with Crippen molar-refractivity contribution in [2.45, 2.75) is 6.42 Å². The molecule has 2 amide bonds. The smallest absolute Gasteiger partial charge is 0.242 e. The summed E-state index contributed by atoms with van der Waals surface area (Å²) in [5.74, 6) is 0.560. The van der Waals surface area contributed by atoms with E-state index in [1.807, 2.05) is 12.1 Å². The standard InChI is InChI=1S/C15H17N3O3/c1-17-10-15(20)18(11-14(17)19)8-9-21-13-4-2-12(3-5-13)6-7-16/h2-5H,6,8-11H2,1H3. The van der Waals surface area contributed by atoms with Gasteiger partial charge in [0, 0.05) is 7.05 Å². The fourth-order valence-corrected chi connectivity index (χ4v) is 2.04. The second kappa shape index (κ2) is 6.75. The largest absolute Gasteiger partial charge is 0.492 e. The molecule has 1 fully saturated rings. The Hall–Kier alpha value is -2.55. The Morgan fingerprint density at radius 1 is 1.19 bits per heavy atom. The summed E-state index contributed by atoms with van der Waals surface area (Å²) in [5.41, 5.74) is 0.935. The second-order valence-electron chi connectivity index (χ2n) is 4.89. The summed E-state index contributed by atoms with van der Waals surface area (Å²) in [6, 6.07) is 9.34. The molecule has 6 heteroatoms. The van der Waals surface area contributed by atoms with Crippen molar-refractivity contribution in [3.63, 3.8) is 0 Å². The van der Waals surface area contributed by atoms with E-state index in [-0.39, 0.29) is 24.9 Å². The van der Waals surface area contributed by atoms with Gasteiger partial charge in [0.25, 0.3) is 0 Å². The number of rotatable bonds is 5. The number of amides is 2. The van der Waals surface area contributed by atoms with E-state index in [1.165, 1.54) is 9.80 Å². The third-order valence-corrected chi connectivity index (χ3v) is 3.31. The highest BCUT2D eigenvalue weighted by atomic mass is 16.5. The highest BCUT2D eigenvalue weighted by Crippen LogP contribution is 2.12. The summed E-state index contributed by atoms with van der Waals surface area (Å²) in [6.07, 6.45) is 0.373. The maximum absolute atomic E-state index is 11.8. The van der Waals surface area contributed by atoms with Crippen LogP contribution in [0.4, 0.5) is 0 Å². The predicted molar refractivity (Wildman–Crippen MR) is 75.5 cm³/mol. The fourth-order valence-electron chi connectivity index (χ4n) is 2.04. The topological polar surface area (TPSA) is 73.6 Å². The van der Waals surface area contributed by atoms with Gasteiger partial charge < -0.3 is 14.5 Å². The van der Waals surface area contributed by atoms with Crippen LogP contribution in [0, 0.1) is 11.3 Å². The lowest BCUT2D eigenvalue weighted by atomic mass is 10.2. The minimum atomic E-state index is -0.0648. The van der Waals surface area contributed by atoms with Crippen molar-refractivity contribution in [1.29, 1.82) is 5.26 Å². The zero-order chi connectivity index (χ0) is 15.2. The zero-order valence-electron chi connectivity index (χ0n) is 11.9. The summed E-state index contributed by atoms with van der Waals surface area (Å²) in [5, 5.41) is 8.59. The Morgan fingerprint density at radius 2 is 1.90 bits per heavy atom. The Balaban J connectivity index is 1.80. The van der Waals surface area contributed by atoms with Crippen LogP contribution in [0.15, 0.2) is 24.3 Å². The summed E-state index contributed by atoms with van der Waals surface area (Å²) < 4.78 is 5.55. The average molecular weight is 287 g/mol. The first kappa shape index (κ1) is 14.9. The van der Waals surface area contributed by atoms with E-state index in [4.69, 9.17) is 10.00 Å². The monoisotopic (exact) mass is 287 g/mol. The number of piperazine rings is 1. The van der Waals surface area contributed by atoms with Gasteiger partial charge in [-0.15, -0.1) is 0 Å². The van der Waals surface area contributed by atoms with Crippen molar-refractivity contribution in [2.75, 3.05) is 33.3 Å². The molecule has 0 saturated carbocycles. The van der Waals surface area contributed by atoms with Crippen molar-refractivity contribution >= 4 is 11.8 Å². The molecule has 1 aromatic rings. The number of hydrogen-bond donors (Lipinski definition) is 0. The molecule has 0 aliphatic carbocycles.